The van der Waals surface area contributed by atoms with Crippen LogP contribution in [0.4, 0.5) is 0 Å². The van der Waals surface area contributed by atoms with Crippen LogP contribution >= 0.6 is 0 Å². The van der Waals surface area contributed by atoms with Gasteiger partial charge in [0.05, 0.1) is 6.54 Å². The minimum atomic E-state index is 0.348. The van der Waals surface area contributed by atoms with E-state index in [1.165, 1.54) is 32.1 Å². The van der Waals surface area contributed by atoms with E-state index < -0.39 is 0 Å². The highest BCUT2D eigenvalue weighted by molar-refractivity contribution is 5.79. The molecule has 0 aromatic carbocycles. The predicted molar refractivity (Wildman–Crippen MR) is 75.7 cm³/mol. The van der Waals surface area contributed by atoms with Crippen molar-refractivity contribution in [2.24, 2.45) is 11.7 Å². The fourth-order valence-corrected chi connectivity index (χ4v) is 4.11. The average Bonchev–Trinajstić information content (AvgIpc) is 2.85. The molecule has 2 aliphatic heterocycles. The maximum Gasteiger partial charge on any atom is 0.237 e. The molecule has 2 atom stereocenters. The summed E-state index contributed by atoms with van der Waals surface area (Å²) in [5, 5.41) is 0. The largest absolute Gasteiger partial charge is 0.338 e. The van der Waals surface area contributed by atoms with Crippen molar-refractivity contribution in [3.05, 3.63) is 0 Å². The number of hydrogen-bond donors (Lipinski definition) is 1. The highest BCUT2D eigenvalue weighted by atomic mass is 16.2. The van der Waals surface area contributed by atoms with E-state index in [-0.39, 0.29) is 0 Å². The van der Waals surface area contributed by atoms with Gasteiger partial charge in [0.25, 0.3) is 0 Å². The van der Waals surface area contributed by atoms with E-state index in [0.717, 1.165) is 38.4 Å². The molecule has 19 heavy (non-hydrogen) atoms. The van der Waals surface area contributed by atoms with E-state index in [2.05, 4.69) is 9.80 Å². The number of carbonyl (C=O) groups is 1. The molecule has 0 radical (unpaired) electrons. The molecule has 0 aromatic rings. The lowest BCUT2D eigenvalue weighted by Crippen LogP contribution is -2.47. The number of hydrogen-bond acceptors (Lipinski definition) is 3. The molecular weight excluding hydrogens is 238 g/mol. The molecule has 3 rings (SSSR count). The number of carbonyl (C=O) groups excluding carboxylic acids is 1. The molecule has 4 nitrogen and oxygen atoms in total. The van der Waals surface area contributed by atoms with Crippen molar-refractivity contribution < 1.29 is 4.79 Å². The fourth-order valence-electron chi connectivity index (χ4n) is 4.11. The standard InChI is InChI=1S/C15H27N3O/c16-13-6-8-17(9-7-13)11-15(19)18-10-5-12-3-1-2-4-14(12)18/h12-14H,1-11,16H2. The second-order valence-electron chi connectivity index (χ2n) is 6.60. The van der Waals surface area contributed by atoms with Crippen LogP contribution in [-0.2, 0) is 4.79 Å². The second-order valence-corrected chi connectivity index (χ2v) is 6.60. The smallest absolute Gasteiger partial charge is 0.237 e. The van der Waals surface area contributed by atoms with Crippen LogP contribution in [0.3, 0.4) is 0 Å². The number of nitrogens with two attached hydrogens (primary N) is 1. The van der Waals surface area contributed by atoms with Crippen LogP contribution in [-0.4, -0.2) is 54.0 Å². The summed E-state index contributed by atoms with van der Waals surface area (Å²) in [5.74, 6) is 1.16. The first-order chi connectivity index (χ1) is 9.24. The first-order valence-electron chi connectivity index (χ1n) is 8.01. The molecule has 1 aliphatic carbocycles. The molecule has 1 saturated carbocycles. The zero-order chi connectivity index (χ0) is 13.2. The molecule has 2 saturated heterocycles. The highest BCUT2D eigenvalue weighted by Crippen LogP contribution is 2.36. The first-order valence-corrected chi connectivity index (χ1v) is 8.01. The van der Waals surface area contributed by atoms with Crippen molar-refractivity contribution in [2.45, 2.75) is 57.0 Å². The molecule has 0 aromatic heterocycles. The van der Waals surface area contributed by atoms with Gasteiger partial charge in [0, 0.05) is 31.7 Å². The third kappa shape index (κ3) is 2.95. The van der Waals surface area contributed by atoms with Crippen molar-refractivity contribution >= 4 is 5.91 Å². The lowest BCUT2D eigenvalue weighted by molar-refractivity contribution is -0.134. The van der Waals surface area contributed by atoms with Crippen LogP contribution in [0, 0.1) is 5.92 Å². The first kappa shape index (κ1) is 13.4. The number of fused-ring (bicyclic) bond motifs is 1. The maximum atomic E-state index is 12.5. The van der Waals surface area contributed by atoms with Gasteiger partial charge >= 0.3 is 0 Å². The van der Waals surface area contributed by atoms with Crippen molar-refractivity contribution in [1.29, 1.82) is 0 Å². The quantitative estimate of drug-likeness (QED) is 0.816. The number of rotatable bonds is 2. The summed E-state index contributed by atoms with van der Waals surface area (Å²) in [4.78, 5) is 17.0. The summed E-state index contributed by atoms with van der Waals surface area (Å²) >= 11 is 0. The van der Waals surface area contributed by atoms with E-state index in [9.17, 15) is 4.79 Å². The second kappa shape index (κ2) is 5.80. The summed E-state index contributed by atoms with van der Waals surface area (Å²) in [5.41, 5.74) is 5.92. The third-order valence-electron chi connectivity index (χ3n) is 5.32. The maximum absolute atomic E-state index is 12.5. The van der Waals surface area contributed by atoms with Gasteiger partial charge in [0.15, 0.2) is 0 Å². The minimum absolute atomic E-state index is 0.348. The topological polar surface area (TPSA) is 49.6 Å². The molecule has 2 heterocycles. The Hall–Kier alpha value is -0.610. The molecular formula is C15H27N3O. The van der Waals surface area contributed by atoms with Crippen LogP contribution < -0.4 is 5.73 Å². The van der Waals surface area contributed by atoms with Gasteiger partial charge in [-0.1, -0.05) is 12.8 Å². The summed E-state index contributed by atoms with van der Waals surface area (Å²) < 4.78 is 0. The van der Waals surface area contributed by atoms with Crippen LogP contribution in [0.15, 0.2) is 0 Å². The van der Waals surface area contributed by atoms with Crippen LogP contribution in [0.2, 0.25) is 0 Å². The molecule has 1 amide bonds. The van der Waals surface area contributed by atoms with Gasteiger partial charge in [-0.2, -0.15) is 0 Å². The number of piperidine rings is 1. The molecule has 4 heteroatoms. The summed E-state index contributed by atoms with van der Waals surface area (Å²) in [6, 6.07) is 0.911. The van der Waals surface area contributed by atoms with Crippen LogP contribution in [0.5, 0.6) is 0 Å². The highest BCUT2D eigenvalue weighted by Gasteiger charge is 2.38. The normalized spacial score (nSPS) is 33.4. The van der Waals surface area contributed by atoms with E-state index in [1.807, 2.05) is 0 Å². The van der Waals surface area contributed by atoms with Crippen molar-refractivity contribution in [3.63, 3.8) is 0 Å². The Labute approximate surface area is 116 Å². The van der Waals surface area contributed by atoms with Crippen molar-refractivity contribution in [2.75, 3.05) is 26.2 Å². The number of amides is 1. The van der Waals surface area contributed by atoms with E-state index in [0.29, 0.717) is 24.5 Å². The zero-order valence-electron chi connectivity index (χ0n) is 11.9. The Morgan fingerprint density at radius 3 is 2.53 bits per heavy atom. The predicted octanol–water partition coefficient (Wildman–Crippen LogP) is 1.20. The monoisotopic (exact) mass is 265 g/mol. The van der Waals surface area contributed by atoms with Gasteiger partial charge < -0.3 is 10.6 Å². The Morgan fingerprint density at radius 2 is 1.74 bits per heavy atom. The minimum Gasteiger partial charge on any atom is -0.338 e. The van der Waals surface area contributed by atoms with Crippen LogP contribution in [0.25, 0.3) is 0 Å². The Kier molecular flexibility index (Phi) is 4.08. The summed E-state index contributed by atoms with van der Waals surface area (Å²) in [7, 11) is 0. The van der Waals surface area contributed by atoms with E-state index in [1.54, 1.807) is 0 Å². The van der Waals surface area contributed by atoms with Gasteiger partial charge in [-0.15, -0.1) is 0 Å². The zero-order valence-corrected chi connectivity index (χ0v) is 11.9. The molecule has 0 spiro atoms. The molecule has 3 fully saturated rings. The molecule has 2 N–H and O–H groups in total. The molecule has 2 unspecified atom stereocenters. The van der Waals surface area contributed by atoms with Gasteiger partial charge in [-0.25, -0.2) is 0 Å². The fraction of sp³-hybridized carbons (Fsp3) is 0.933. The summed E-state index contributed by atoms with van der Waals surface area (Å²) in [6.07, 6.45) is 8.57. The van der Waals surface area contributed by atoms with Crippen molar-refractivity contribution in [3.8, 4) is 0 Å². The molecule has 0 bridgehead atoms. The number of nitrogens with zero attached hydrogens (tertiary/aromatic N) is 2. The van der Waals surface area contributed by atoms with Gasteiger partial charge in [0.1, 0.15) is 0 Å². The Balaban J connectivity index is 1.52. The van der Waals surface area contributed by atoms with E-state index in [4.69, 9.17) is 5.73 Å². The van der Waals surface area contributed by atoms with Gasteiger partial charge in [0.2, 0.25) is 5.91 Å². The van der Waals surface area contributed by atoms with Crippen LogP contribution in [0.1, 0.15) is 44.9 Å². The SMILES string of the molecule is NC1CCN(CC(=O)N2CCC3CCCCC32)CC1. The number of likely N-dealkylation sites (tertiary alicyclic amines) is 2. The Morgan fingerprint density at radius 1 is 1.00 bits per heavy atom. The Bertz CT molecular complexity index is 325. The third-order valence-corrected chi connectivity index (χ3v) is 5.32. The molecule has 3 aliphatic rings. The lowest BCUT2D eigenvalue weighted by atomic mass is 9.85. The lowest BCUT2D eigenvalue weighted by Gasteiger charge is -2.34. The average molecular weight is 265 g/mol. The van der Waals surface area contributed by atoms with Crippen molar-refractivity contribution in [1.82, 2.24) is 9.80 Å². The van der Waals surface area contributed by atoms with Gasteiger partial charge in [-0.05, 0) is 38.0 Å². The van der Waals surface area contributed by atoms with Gasteiger partial charge in [-0.3, -0.25) is 9.69 Å². The van der Waals surface area contributed by atoms with E-state index >= 15 is 0 Å². The summed E-state index contributed by atoms with van der Waals surface area (Å²) in [6.45, 7) is 3.61. The molecule has 108 valence electrons.